The van der Waals surface area contributed by atoms with Crippen molar-refractivity contribution in [2.75, 3.05) is 18.0 Å². The molecule has 0 amide bonds. The lowest BCUT2D eigenvalue weighted by atomic mass is 10.3. The maximum Gasteiger partial charge on any atom is 0.323 e. The summed E-state index contributed by atoms with van der Waals surface area (Å²) in [6, 6.07) is 0. The van der Waals surface area contributed by atoms with Gasteiger partial charge in [-0.15, -0.1) is 6.42 Å². The number of rotatable bonds is 5. The zero-order valence-electron chi connectivity index (χ0n) is 9.35. The molecule has 0 bridgehead atoms. The van der Waals surface area contributed by atoms with E-state index in [1.807, 2.05) is 0 Å². The summed E-state index contributed by atoms with van der Waals surface area (Å²) < 4.78 is 13.9. The van der Waals surface area contributed by atoms with Crippen LogP contribution in [0.25, 0.3) is 0 Å². The van der Waals surface area contributed by atoms with Gasteiger partial charge in [-0.3, -0.25) is 4.79 Å². The lowest BCUT2D eigenvalue weighted by Gasteiger charge is -2.19. The number of carbonyl (C=O) groups is 1. The predicted molar refractivity (Wildman–Crippen MR) is 60.0 cm³/mol. The molecule has 0 aliphatic heterocycles. The van der Waals surface area contributed by atoms with Crippen LogP contribution in [0.2, 0.25) is 0 Å². The molecule has 0 saturated carbocycles. The number of aliphatic carboxylic acids is 1. The summed E-state index contributed by atoms with van der Waals surface area (Å²) in [6.07, 6.45) is 6.71. The van der Waals surface area contributed by atoms with Gasteiger partial charge in [0.05, 0.1) is 12.2 Å². The second-order valence-corrected chi connectivity index (χ2v) is 3.27. The van der Waals surface area contributed by atoms with Gasteiger partial charge in [0, 0.05) is 0 Å². The van der Waals surface area contributed by atoms with Crippen LogP contribution >= 0.6 is 0 Å². The molecular weight excluding hydrogens is 225 g/mol. The van der Waals surface area contributed by atoms with Crippen molar-refractivity contribution in [3.05, 3.63) is 17.8 Å². The molecule has 17 heavy (non-hydrogen) atoms. The number of nitrogens with zero attached hydrogens (tertiary/aromatic N) is 3. The fourth-order valence-corrected chi connectivity index (χ4v) is 1.34. The Morgan fingerprint density at radius 3 is 2.88 bits per heavy atom. The maximum absolute atomic E-state index is 13.9. The van der Waals surface area contributed by atoms with Crippen LogP contribution in [0.4, 0.5) is 10.2 Å². The molecular formula is C11H12FN3O2. The second kappa shape index (κ2) is 5.80. The number of hydrogen-bond donors (Lipinski definition) is 1. The minimum Gasteiger partial charge on any atom is -0.480 e. The van der Waals surface area contributed by atoms with Crippen LogP contribution in [0.1, 0.15) is 12.6 Å². The van der Waals surface area contributed by atoms with Gasteiger partial charge in [-0.05, 0) is 6.42 Å². The Kier molecular flexibility index (Phi) is 4.40. The zero-order chi connectivity index (χ0) is 12.8. The van der Waals surface area contributed by atoms with Gasteiger partial charge < -0.3 is 10.0 Å². The van der Waals surface area contributed by atoms with Gasteiger partial charge >= 0.3 is 5.97 Å². The number of aryl methyl sites for hydroxylation is 1. The van der Waals surface area contributed by atoms with Gasteiger partial charge in [0.25, 0.3) is 0 Å². The van der Waals surface area contributed by atoms with E-state index < -0.39 is 18.3 Å². The normalized spacial score (nSPS) is 9.71. The summed E-state index contributed by atoms with van der Waals surface area (Å²) in [4.78, 5) is 19.3. The molecule has 0 unspecified atom stereocenters. The van der Waals surface area contributed by atoms with E-state index in [0.29, 0.717) is 6.42 Å². The van der Waals surface area contributed by atoms with E-state index in [0.717, 1.165) is 0 Å². The third-order valence-corrected chi connectivity index (χ3v) is 2.09. The standard InChI is InChI=1S/C11H12FN3O2/c1-3-5-15(6-9(16)17)11-10(12)8(4-2)13-7-14-11/h1,7H,4-6H2,2H3,(H,16,17). The molecule has 1 aromatic heterocycles. The lowest BCUT2D eigenvalue weighted by molar-refractivity contribution is -0.135. The minimum atomic E-state index is -1.10. The molecule has 0 fully saturated rings. The minimum absolute atomic E-state index is 0.0244. The first-order chi connectivity index (χ1) is 8.10. The average Bonchev–Trinajstić information content (AvgIpc) is 2.28. The Balaban J connectivity index is 3.09. The fourth-order valence-electron chi connectivity index (χ4n) is 1.34. The van der Waals surface area contributed by atoms with Crippen LogP contribution in [0.3, 0.4) is 0 Å². The molecule has 0 aliphatic rings. The molecule has 90 valence electrons. The van der Waals surface area contributed by atoms with Gasteiger partial charge in [-0.1, -0.05) is 12.8 Å². The quantitative estimate of drug-likeness (QED) is 0.764. The highest BCUT2D eigenvalue weighted by Crippen LogP contribution is 2.17. The maximum atomic E-state index is 13.9. The second-order valence-electron chi connectivity index (χ2n) is 3.27. The predicted octanol–water partition coefficient (Wildman–Crippen LogP) is 0.702. The average molecular weight is 237 g/mol. The molecule has 6 heteroatoms. The smallest absolute Gasteiger partial charge is 0.323 e. The van der Waals surface area contributed by atoms with Gasteiger partial charge in [-0.25, -0.2) is 14.4 Å². The molecule has 0 atom stereocenters. The topological polar surface area (TPSA) is 66.3 Å². The van der Waals surface area contributed by atoms with E-state index in [1.54, 1.807) is 6.92 Å². The van der Waals surface area contributed by atoms with E-state index in [1.165, 1.54) is 11.2 Å². The summed E-state index contributed by atoms with van der Waals surface area (Å²) in [5.41, 5.74) is 0.238. The van der Waals surface area contributed by atoms with Crippen LogP contribution in [-0.4, -0.2) is 34.1 Å². The van der Waals surface area contributed by atoms with Crippen LogP contribution in [0.5, 0.6) is 0 Å². The first-order valence-corrected chi connectivity index (χ1v) is 4.99. The molecule has 1 aromatic rings. The Hall–Kier alpha value is -2.16. The number of hydrogen-bond acceptors (Lipinski definition) is 4. The number of aromatic nitrogens is 2. The number of halogens is 1. The third-order valence-electron chi connectivity index (χ3n) is 2.09. The zero-order valence-corrected chi connectivity index (χ0v) is 9.35. The summed E-state index contributed by atoms with van der Waals surface area (Å²) in [7, 11) is 0. The van der Waals surface area contributed by atoms with E-state index >= 15 is 0 Å². The number of anilines is 1. The highest BCUT2D eigenvalue weighted by Gasteiger charge is 2.18. The lowest BCUT2D eigenvalue weighted by Crippen LogP contribution is -2.32. The van der Waals surface area contributed by atoms with E-state index in [2.05, 4.69) is 15.9 Å². The molecule has 1 heterocycles. The molecule has 0 aliphatic carbocycles. The van der Waals surface area contributed by atoms with Crippen molar-refractivity contribution in [2.45, 2.75) is 13.3 Å². The summed E-state index contributed by atoms with van der Waals surface area (Å²) in [6.45, 7) is 1.32. The van der Waals surface area contributed by atoms with Crippen molar-refractivity contribution < 1.29 is 14.3 Å². The van der Waals surface area contributed by atoms with E-state index in [9.17, 15) is 9.18 Å². The monoisotopic (exact) mass is 237 g/mol. The summed E-state index contributed by atoms with van der Waals surface area (Å²) in [5.74, 6) is 0.480. The van der Waals surface area contributed by atoms with Crippen LogP contribution in [0.15, 0.2) is 6.33 Å². The number of carboxylic acid groups (broad SMARTS) is 1. The van der Waals surface area contributed by atoms with Crippen LogP contribution in [0, 0.1) is 18.2 Å². The van der Waals surface area contributed by atoms with Crippen molar-refractivity contribution in [3.8, 4) is 12.3 Å². The third kappa shape index (κ3) is 3.14. The van der Waals surface area contributed by atoms with Crippen molar-refractivity contribution >= 4 is 11.8 Å². The van der Waals surface area contributed by atoms with Gasteiger partial charge in [-0.2, -0.15) is 0 Å². The molecule has 0 aromatic carbocycles. The molecule has 0 saturated heterocycles. The van der Waals surface area contributed by atoms with Gasteiger partial charge in [0.2, 0.25) is 0 Å². The number of carboxylic acids is 1. The summed E-state index contributed by atoms with van der Waals surface area (Å²) >= 11 is 0. The van der Waals surface area contributed by atoms with Crippen molar-refractivity contribution in [3.63, 3.8) is 0 Å². The first-order valence-electron chi connectivity index (χ1n) is 4.99. The Morgan fingerprint density at radius 2 is 2.35 bits per heavy atom. The first kappa shape index (κ1) is 12.9. The highest BCUT2D eigenvalue weighted by atomic mass is 19.1. The highest BCUT2D eigenvalue weighted by molar-refractivity contribution is 5.73. The Labute approximate surface area is 98.3 Å². The molecule has 0 radical (unpaired) electrons. The van der Waals surface area contributed by atoms with Crippen molar-refractivity contribution in [2.24, 2.45) is 0 Å². The molecule has 0 spiro atoms. The SMILES string of the molecule is C#CCN(CC(=O)O)c1ncnc(CC)c1F. The van der Waals surface area contributed by atoms with Gasteiger partial charge in [0.1, 0.15) is 12.9 Å². The van der Waals surface area contributed by atoms with Crippen molar-refractivity contribution in [1.82, 2.24) is 9.97 Å². The van der Waals surface area contributed by atoms with Crippen LogP contribution in [-0.2, 0) is 11.2 Å². The fraction of sp³-hybridized carbons (Fsp3) is 0.364. The molecule has 5 nitrogen and oxygen atoms in total. The Morgan fingerprint density at radius 1 is 1.65 bits per heavy atom. The van der Waals surface area contributed by atoms with E-state index in [4.69, 9.17) is 11.5 Å². The number of terminal acetylenes is 1. The largest absolute Gasteiger partial charge is 0.480 e. The van der Waals surface area contributed by atoms with E-state index in [-0.39, 0.29) is 18.1 Å². The van der Waals surface area contributed by atoms with Crippen LogP contribution < -0.4 is 4.90 Å². The van der Waals surface area contributed by atoms with Crippen molar-refractivity contribution in [1.29, 1.82) is 0 Å². The molecule has 1 N–H and O–H groups in total. The molecule has 1 rings (SSSR count). The summed E-state index contributed by atoms with van der Waals surface area (Å²) in [5, 5.41) is 8.71. The Bertz CT molecular complexity index is 457. The van der Waals surface area contributed by atoms with Gasteiger partial charge in [0.15, 0.2) is 11.6 Å².